The van der Waals surface area contributed by atoms with E-state index in [2.05, 4.69) is 9.71 Å². The number of aryl methyl sites for hydroxylation is 1. The van der Waals surface area contributed by atoms with Crippen LogP contribution in [0.4, 0.5) is 8.78 Å². The number of rotatable bonds is 4. The summed E-state index contributed by atoms with van der Waals surface area (Å²) < 4.78 is 51.9. The molecule has 4 nitrogen and oxygen atoms in total. The van der Waals surface area contributed by atoms with E-state index >= 15 is 0 Å². The van der Waals surface area contributed by atoms with E-state index in [0.29, 0.717) is 11.1 Å². The molecule has 1 heterocycles. The zero-order valence-corrected chi connectivity index (χ0v) is 11.5. The Bertz CT molecular complexity index is 678. The summed E-state index contributed by atoms with van der Waals surface area (Å²) in [5.74, 6) is -1.88. The molecule has 102 valence electrons. The molecule has 0 saturated carbocycles. The van der Waals surface area contributed by atoms with Crippen LogP contribution in [0.15, 0.2) is 28.5 Å². The summed E-state index contributed by atoms with van der Waals surface area (Å²) in [6.07, 6.45) is 0. The number of hydrogen-bond donors (Lipinski definition) is 1. The van der Waals surface area contributed by atoms with Gasteiger partial charge in [-0.2, -0.15) is 0 Å². The zero-order valence-electron chi connectivity index (χ0n) is 9.85. The van der Waals surface area contributed by atoms with E-state index < -0.39 is 26.6 Å². The summed E-state index contributed by atoms with van der Waals surface area (Å²) in [6, 6.07) is 2.14. The van der Waals surface area contributed by atoms with E-state index in [1.807, 2.05) is 0 Å². The molecule has 2 aromatic rings. The summed E-state index contributed by atoms with van der Waals surface area (Å²) in [4.78, 5) is 3.64. The number of hydrogen-bond acceptors (Lipinski definition) is 4. The monoisotopic (exact) mass is 304 g/mol. The molecule has 0 spiro atoms. The predicted octanol–water partition coefficient (Wildman–Crippen LogP) is 2.21. The van der Waals surface area contributed by atoms with Crippen molar-refractivity contribution in [3.8, 4) is 0 Å². The van der Waals surface area contributed by atoms with E-state index in [1.165, 1.54) is 11.3 Å². The fourth-order valence-corrected chi connectivity index (χ4v) is 3.24. The summed E-state index contributed by atoms with van der Waals surface area (Å²) in [5.41, 5.74) is 0.788. The number of nitrogens with zero attached hydrogens (tertiary/aromatic N) is 1. The van der Waals surface area contributed by atoms with Gasteiger partial charge >= 0.3 is 0 Å². The van der Waals surface area contributed by atoms with Crippen molar-refractivity contribution in [2.45, 2.75) is 18.4 Å². The average molecular weight is 304 g/mol. The third kappa shape index (κ3) is 3.55. The summed E-state index contributed by atoms with van der Waals surface area (Å²) in [5, 5.41) is 2.36. The molecule has 0 aliphatic rings. The minimum absolute atomic E-state index is 0.0149. The highest BCUT2D eigenvalue weighted by Gasteiger charge is 2.16. The van der Waals surface area contributed by atoms with Crippen LogP contribution in [0, 0.1) is 18.6 Å². The second kappa shape index (κ2) is 5.32. The lowest BCUT2D eigenvalue weighted by Crippen LogP contribution is -2.23. The lowest BCUT2D eigenvalue weighted by atomic mass is 10.3. The first-order chi connectivity index (χ1) is 8.87. The van der Waals surface area contributed by atoms with Crippen molar-refractivity contribution in [3.63, 3.8) is 0 Å². The molecule has 0 amide bonds. The topological polar surface area (TPSA) is 59.1 Å². The van der Waals surface area contributed by atoms with Gasteiger partial charge in [0.1, 0.15) is 16.6 Å². The molecule has 0 aliphatic heterocycles. The van der Waals surface area contributed by atoms with Gasteiger partial charge in [-0.1, -0.05) is 0 Å². The highest BCUT2D eigenvalue weighted by Crippen LogP contribution is 2.15. The van der Waals surface area contributed by atoms with Gasteiger partial charge in [0.15, 0.2) is 0 Å². The van der Waals surface area contributed by atoms with Gasteiger partial charge in [0, 0.05) is 17.1 Å². The molecule has 0 aliphatic carbocycles. The molecule has 0 unspecified atom stereocenters. The molecule has 0 fully saturated rings. The fraction of sp³-hybridized carbons (Fsp3) is 0.182. The standard InChI is InChI=1S/C11H10F2N2O2S2/c1-7-6-18-11(15-7)5-14-19(16,17)10-3-8(12)2-9(13)4-10/h2-4,6,14H,5H2,1H3. The molecule has 19 heavy (non-hydrogen) atoms. The van der Waals surface area contributed by atoms with Crippen LogP contribution in [0.1, 0.15) is 10.7 Å². The second-order valence-electron chi connectivity index (χ2n) is 3.81. The van der Waals surface area contributed by atoms with E-state index in [-0.39, 0.29) is 6.54 Å². The number of benzene rings is 1. The minimum Gasteiger partial charge on any atom is -0.245 e. The van der Waals surface area contributed by atoms with Crippen LogP contribution in [-0.2, 0) is 16.6 Å². The molecule has 2 rings (SSSR count). The molecule has 0 bridgehead atoms. The first-order valence-electron chi connectivity index (χ1n) is 5.23. The maximum absolute atomic E-state index is 13.0. The van der Waals surface area contributed by atoms with Crippen LogP contribution in [-0.4, -0.2) is 13.4 Å². The zero-order chi connectivity index (χ0) is 14.0. The highest BCUT2D eigenvalue weighted by atomic mass is 32.2. The van der Waals surface area contributed by atoms with Gasteiger partial charge in [-0.05, 0) is 19.1 Å². The smallest absolute Gasteiger partial charge is 0.241 e. The fourth-order valence-electron chi connectivity index (χ4n) is 1.41. The Kier molecular flexibility index (Phi) is 3.93. The Balaban J connectivity index is 2.18. The van der Waals surface area contributed by atoms with Crippen molar-refractivity contribution < 1.29 is 17.2 Å². The summed E-state index contributed by atoms with van der Waals surface area (Å²) >= 11 is 1.31. The highest BCUT2D eigenvalue weighted by molar-refractivity contribution is 7.89. The van der Waals surface area contributed by atoms with Crippen molar-refractivity contribution in [2.24, 2.45) is 0 Å². The van der Waals surface area contributed by atoms with Gasteiger partial charge in [0.25, 0.3) is 0 Å². The van der Waals surface area contributed by atoms with Gasteiger partial charge in [-0.25, -0.2) is 26.9 Å². The molecule has 0 saturated heterocycles. The number of sulfonamides is 1. The lowest BCUT2D eigenvalue weighted by Gasteiger charge is -2.05. The normalized spacial score (nSPS) is 11.7. The first kappa shape index (κ1) is 14.0. The molecule has 1 N–H and O–H groups in total. The van der Waals surface area contributed by atoms with Gasteiger partial charge in [0.2, 0.25) is 10.0 Å². The predicted molar refractivity (Wildman–Crippen MR) is 67.2 cm³/mol. The Morgan fingerprint density at radius 3 is 2.42 bits per heavy atom. The van der Waals surface area contributed by atoms with Gasteiger partial charge in [0.05, 0.1) is 11.4 Å². The minimum atomic E-state index is -3.96. The summed E-state index contributed by atoms with van der Waals surface area (Å²) in [7, 11) is -3.96. The summed E-state index contributed by atoms with van der Waals surface area (Å²) in [6.45, 7) is 1.77. The van der Waals surface area contributed by atoms with Crippen LogP contribution >= 0.6 is 11.3 Å². The molecule has 1 aromatic heterocycles. The Hall–Kier alpha value is -1.38. The van der Waals surface area contributed by atoms with Crippen molar-refractivity contribution in [2.75, 3.05) is 0 Å². The van der Waals surface area contributed by atoms with Crippen molar-refractivity contribution in [3.05, 3.63) is 45.9 Å². The molecule has 0 radical (unpaired) electrons. The van der Waals surface area contributed by atoms with Gasteiger partial charge in [-0.15, -0.1) is 11.3 Å². The van der Waals surface area contributed by atoms with Crippen LogP contribution in [0.25, 0.3) is 0 Å². The maximum Gasteiger partial charge on any atom is 0.241 e. The number of nitrogens with one attached hydrogen (secondary N) is 1. The largest absolute Gasteiger partial charge is 0.245 e. The van der Waals surface area contributed by atoms with E-state index in [1.54, 1.807) is 12.3 Å². The lowest BCUT2D eigenvalue weighted by molar-refractivity contribution is 0.561. The number of aromatic nitrogens is 1. The van der Waals surface area contributed by atoms with Crippen molar-refractivity contribution >= 4 is 21.4 Å². The van der Waals surface area contributed by atoms with Crippen LogP contribution in [0.2, 0.25) is 0 Å². The van der Waals surface area contributed by atoms with Crippen LogP contribution in [0.5, 0.6) is 0 Å². The second-order valence-corrected chi connectivity index (χ2v) is 6.52. The SMILES string of the molecule is Cc1csc(CNS(=O)(=O)c2cc(F)cc(F)c2)n1. The van der Waals surface area contributed by atoms with Crippen molar-refractivity contribution in [1.29, 1.82) is 0 Å². The van der Waals surface area contributed by atoms with Crippen LogP contribution in [0.3, 0.4) is 0 Å². The Morgan fingerprint density at radius 1 is 1.26 bits per heavy atom. The molecular weight excluding hydrogens is 294 g/mol. The van der Waals surface area contributed by atoms with E-state index in [4.69, 9.17) is 0 Å². The van der Waals surface area contributed by atoms with Gasteiger partial charge in [-0.3, -0.25) is 0 Å². The third-order valence-electron chi connectivity index (χ3n) is 2.23. The first-order valence-corrected chi connectivity index (χ1v) is 7.60. The Labute approximate surface area is 113 Å². The van der Waals surface area contributed by atoms with Gasteiger partial charge < -0.3 is 0 Å². The molecule has 1 aromatic carbocycles. The quantitative estimate of drug-likeness (QED) is 0.942. The molecule has 0 atom stereocenters. The maximum atomic E-state index is 13.0. The van der Waals surface area contributed by atoms with Crippen molar-refractivity contribution in [1.82, 2.24) is 9.71 Å². The molecular formula is C11H10F2N2O2S2. The Morgan fingerprint density at radius 2 is 1.89 bits per heavy atom. The number of thiazole rings is 1. The van der Waals surface area contributed by atoms with Crippen LogP contribution < -0.4 is 4.72 Å². The average Bonchev–Trinajstić information content (AvgIpc) is 2.71. The number of halogens is 2. The van der Waals surface area contributed by atoms with E-state index in [0.717, 1.165) is 17.8 Å². The third-order valence-corrected chi connectivity index (χ3v) is 4.57. The molecule has 8 heteroatoms. The van der Waals surface area contributed by atoms with E-state index in [9.17, 15) is 17.2 Å².